The molecule has 10 heavy (non-hydrogen) atoms. The van der Waals surface area contributed by atoms with Crippen LogP contribution in [-0.4, -0.2) is 0 Å². The van der Waals surface area contributed by atoms with E-state index in [1.807, 2.05) is 0 Å². The second-order valence-corrected chi connectivity index (χ2v) is 4.53. The second kappa shape index (κ2) is 2.41. The molecule has 1 rings (SSSR count). The Hall–Kier alpha value is -0.260. The molecule has 0 aromatic carbocycles. The summed E-state index contributed by atoms with van der Waals surface area (Å²) in [6, 6.07) is 0. The molecule has 0 heterocycles. The van der Waals surface area contributed by atoms with Gasteiger partial charge >= 0.3 is 0 Å². The third-order valence-electron chi connectivity index (χ3n) is 2.46. The molecule has 0 spiro atoms. The Balaban J connectivity index is 2.64. The molecular weight excluding hydrogens is 120 g/mol. The molecule has 0 aliphatic heterocycles. The fourth-order valence-corrected chi connectivity index (χ4v) is 1.92. The van der Waals surface area contributed by atoms with Crippen LogP contribution in [0, 0.1) is 17.3 Å². The lowest BCUT2D eigenvalue weighted by Crippen LogP contribution is -2.21. The SMILES string of the molecule is CC1CC=CC1C(C)(C)C. The number of hydrogen-bond donors (Lipinski definition) is 0. The Morgan fingerprint density at radius 3 is 2.10 bits per heavy atom. The van der Waals surface area contributed by atoms with Gasteiger partial charge in [-0.25, -0.2) is 0 Å². The Morgan fingerprint density at radius 1 is 1.30 bits per heavy atom. The summed E-state index contributed by atoms with van der Waals surface area (Å²) in [6.45, 7) is 9.31. The van der Waals surface area contributed by atoms with Crippen molar-refractivity contribution >= 4 is 0 Å². The molecule has 58 valence electrons. The van der Waals surface area contributed by atoms with E-state index < -0.39 is 0 Å². The topological polar surface area (TPSA) is 0 Å². The maximum absolute atomic E-state index is 2.38. The predicted octanol–water partition coefficient (Wildman–Crippen LogP) is 3.24. The third-order valence-corrected chi connectivity index (χ3v) is 2.46. The van der Waals surface area contributed by atoms with Gasteiger partial charge in [0.15, 0.2) is 0 Å². The van der Waals surface area contributed by atoms with Crippen LogP contribution in [-0.2, 0) is 0 Å². The average molecular weight is 138 g/mol. The average Bonchev–Trinajstić information content (AvgIpc) is 2.11. The molecule has 1 aliphatic carbocycles. The number of allylic oxidation sites excluding steroid dienone is 2. The highest BCUT2D eigenvalue weighted by Gasteiger charge is 2.29. The summed E-state index contributed by atoms with van der Waals surface area (Å²) in [5.41, 5.74) is 0.465. The molecule has 1 aliphatic rings. The van der Waals surface area contributed by atoms with E-state index in [2.05, 4.69) is 39.8 Å². The lowest BCUT2D eigenvalue weighted by Gasteiger charge is -2.29. The van der Waals surface area contributed by atoms with Crippen LogP contribution in [0.4, 0.5) is 0 Å². The van der Waals surface area contributed by atoms with Gasteiger partial charge in [-0.05, 0) is 23.7 Å². The lowest BCUT2D eigenvalue weighted by molar-refractivity contribution is 0.233. The predicted molar refractivity (Wildman–Crippen MR) is 45.9 cm³/mol. The number of rotatable bonds is 0. The molecule has 0 saturated carbocycles. The fourth-order valence-electron chi connectivity index (χ4n) is 1.92. The van der Waals surface area contributed by atoms with Crippen LogP contribution in [0.2, 0.25) is 0 Å². The molecule has 0 bridgehead atoms. The zero-order chi connectivity index (χ0) is 7.78. The molecule has 0 N–H and O–H groups in total. The maximum atomic E-state index is 2.38. The van der Waals surface area contributed by atoms with Crippen LogP contribution in [0.1, 0.15) is 34.1 Å². The summed E-state index contributed by atoms with van der Waals surface area (Å²) in [5, 5.41) is 0. The van der Waals surface area contributed by atoms with E-state index in [4.69, 9.17) is 0 Å². The van der Waals surface area contributed by atoms with E-state index in [0.717, 1.165) is 11.8 Å². The van der Waals surface area contributed by atoms with E-state index >= 15 is 0 Å². The van der Waals surface area contributed by atoms with Crippen molar-refractivity contribution in [1.82, 2.24) is 0 Å². The standard InChI is InChI=1S/C10H18/c1-8-6-5-7-9(8)10(2,3)4/h5,7-9H,6H2,1-4H3. The summed E-state index contributed by atoms with van der Waals surface area (Å²) in [7, 11) is 0. The van der Waals surface area contributed by atoms with Crippen molar-refractivity contribution in [2.45, 2.75) is 34.1 Å². The van der Waals surface area contributed by atoms with Gasteiger partial charge in [-0.3, -0.25) is 0 Å². The normalized spacial score (nSPS) is 33.2. The van der Waals surface area contributed by atoms with Crippen LogP contribution in [0.25, 0.3) is 0 Å². The molecule has 0 saturated heterocycles. The minimum atomic E-state index is 0.465. The molecule has 0 fully saturated rings. The van der Waals surface area contributed by atoms with Gasteiger partial charge in [0, 0.05) is 0 Å². The van der Waals surface area contributed by atoms with E-state index in [0.29, 0.717) is 5.41 Å². The zero-order valence-corrected chi connectivity index (χ0v) is 7.52. The highest BCUT2D eigenvalue weighted by Crippen LogP contribution is 2.38. The van der Waals surface area contributed by atoms with Crippen molar-refractivity contribution in [2.24, 2.45) is 17.3 Å². The molecule has 0 radical (unpaired) electrons. The zero-order valence-electron chi connectivity index (χ0n) is 7.52. The van der Waals surface area contributed by atoms with E-state index in [1.165, 1.54) is 6.42 Å². The van der Waals surface area contributed by atoms with Crippen LogP contribution in [0.5, 0.6) is 0 Å². The van der Waals surface area contributed by atoms with Gasteiger partial charge in [0.25, 0.3) is 0 Å². The fraction of sp³-hybridized carbons (Fsp3) is 0.800. The third kappa shape index (κ3) is 1.42. The molecular formula is C10H18. The first-order chi connectivity index (χ1) is 4.52. The largest absolute Gasteiger partial charge is 0.0879 e. The number of hydrogen-bond acceptors (Lipinski definition) is 0. The van der Waals surface area contributed by atoms with Gasteiger partial charge in [0.1, 0.15) is 0 Å². The summed E-state index contributed by atoms with van der Waals surface area (Å²) >= 11 is 0. The van der Waals surface area contributed by atoms with Crippen molar-refractivity contribution < 1.29 is 0 Å². The highest BCUT2D eigenvalue weighted by molar-refractivity contribution is 5.03. The molecule has 0 aromatic heterocycles. The van der Waals surface area contributed by atoms with Crippen LogP contribution in [0.15, 0.2) is 12.2 Å². The first-order valence-electron chi connectivity index (χ1n) is 4.18. The van der Waals surface area contributed by atoms with Crippen molar-refractivity contribution in [1.29, 1.82) is 0 Å². The van der Waals surface area contributed by atoms with E-state index in [1.54, 1.807) is 0 Å². The molecule has 0 amide bonds. The van der Waals surface area contributed by atoms with Crippen molar-refractivity contribution in [2.75, 3.05) is 0 Å². The highest BCUT2D eigenvalue weighted by atomic mass is 14.3. The van der Waals surface area contributed by atoms with Crippen LogP contribution < -0.4 is 0 Å². The smallest absolute Gasteiger partial charge is 0.0156 e. The Labute approximate surface area is 64.3 Å². The molecule has 0 heteroatoms. The monoisotopic (exact) mass is 138 g/mol. The summed E-state index contributed by atoms with van der Waals surface area (Å²) in [5.74, 6) is 1.66. The van der Waals surface area contributed by atoms with Crippen molar-refractivity contribution in [3.05, 3.63) is 12.2 Å². The van der Waals surface area contributed by atoms with Gasteiger partial charge < -0.3 is 0 Å². The Kier molecular flexibility index (Phi) is 1.89. The summed E-state index contributed by atoms with van der Waals surface area (Å²) in [6.07, 6.45) is 5.98. The van der Waals surface area contributed by atoms with Gasteiger partial charge in [-0.2, -0.15) is 0 Å². The van der Waals surface area contributed by atoms with Gasteiger partial charge in [0.2, 0.25) is 0 Å². The molecule has 2 unspecified atom stereocenters. The van der Waals surface area contributed by atoms with Gasteiger partial charge in [0.05, 0.1) is 0 Å². The van der Waals surface area contributed by atoms with E-state index in [9.17, 15) is 0 Å². The van der Waals surface area contributed by atoms with Crippen LogP contribution in [0.3, 0.4) is 0 Å². The first-order valence-corrected chi connectivity index (χ1v) is 4.18. The Morgan fingerprint density at radius 2 is 1.90 bits per heavy atom. The van der Waals surface area contributed by atoms with Gasteiger partial charge in [-0.15, -0.1) is 0 Å². The lowest BCUT2D eigenvalue weighted by atomic mass is 9.76. The van der Waals surface area contributed by atoms with Crippen LogP contribution >= 0.6 is 0 Å². The summed E-state index contributed by atoms with van der Waals surface area (Å²) in [4.78, 5) is 0. The molecule has 2 atom stereocenters. The first kappa shape index (κ1) is 7.84. The second-order valence-electron chi connectivity index (χ2n) is 4.53. The Bertz CT molecular complexity index is 137. The molecule has 0 nitrogen and oxygen atoms in total. The van der Waals surface area contributed by atoms with Crippen molar-refractivity contribution in [3.63, 3.8) is 0 Å². The molecule has 0 aromatic rings. The minimum absolute atomic E-state index is 0.465. The van der Waals surface area contributed by atoms with Gasteiger partial charge in [-0.1, -0.05) is 39.8 Å². The summed E-state index contributed by atoms with van der Waals surface area (Å²) < 4.78 is 0. The quantitative estimate of drug-likeness (QED) is 0.451. The minimum Gasteiger partial charge on any atom is -0.0879 e. The maximum Gasteiger partial charge on any atom is -0.0156 e. The van der Waals surface area contributed by atoms with Crippen molar-refractivity contribution in [3.8, 4) is 0 Å². The van der Waals surface area contributed by atoms with E-state index in [-0.39, 0.29) is 0 Å².